The summed E-state index contributed by atoms with van der Waals surface area (Å²) in [5, 5.41) is 11.5. The van der Waals surface area contributed by atoms with E-state index in [1.54, 1.807) is 18.2 Å². The number of carboxylic acid groups (broad SMARTS) is 1. The van der Waals surface area contributed by atoms with Crippen LogP contribution < -0.4 is 15.0 Å². The summed E-state index contributed by atoms with van der Waals surface area (Å²) in [5.74, 6) is -1.56. The molecule has 0 spiro atoms. The number of amides is 2. The zero-order valence-corrected chi connectivity index (χ0v) is 12.7. The van der Waals surface area contributed by atoms with Gasteiger partial charge in [0.1, 0.15) is 11.8 Å². The molecule has 0 radical (unpaired) electrons. The molecule has 1 aromatic rings. The van der Waals surface area contributed by atoms with Crippen molar-refractivity contribution in [2.75, 3.05) is 18.1 Å². The van der Waals surface area contributed by atoms with E-state index in [9.17, 15) is 14.4 Å². The Balaban J connectivity index is 2.30. The number of hydrogen-bond acceptors (Lipinski definition) is 4. The van der Waals surface area contributed by atoms with E-state index in [1.807, 2.05) is 0 Å². The van der Waals surface area contributed by atoms with Crippen LogP contribution in [0.15, 0.2) is 22.7 Å². The Kier molecular flexibility index (Phi) is 4.46. The van der Waals surface area contributed by atoms with Crippen molar-refractivity contribution in [3.63, 3.8) is 0 Å². The number of nitrogens with zero attached hydrogens (tertiary/aromatic N) is 1. The molecule has 0 saturated heterocycles. The normalized spacial score (nSPS) is 15.0. The van der Waals surface area contributed by atoms with E-state index >= 15 is 0 Å². The monoisotopic (exact) mass is 356 g/mol. The van der Waals surface area contributed by atoms with Crippen LogP contribution in [0, 0.1) is 0 Å². The van der Waals surface area contributed by atoms with Gasteiger partial charge in [0.25, 0.3) is 5.91 Å². The van der Waals surface area contributed by atoms with Gasteiger partial charge < -0.3 is 20.1 Å². The summed E-state index contributed by atoms with van der Waals surface area (Å²) in [6.07, 6.45) is 0. The third kappa shape index (κ3) is 3.52. The predicted octanol–water partition coefficient (Wildman–Crippen LogP) is 0.764. The summed E-state index contributed by atoms with van der Waals surface area (Å²) in [7, 11) is 0. The molecular formula is C13H13BrN2O5. The lowest BCUT2D eigenvalue weighted by molar-refractivity contribution is -0.141. The molecule has 0 fully saturated rings. The standard InChI is InChI=1S/C13H13BrN2O5/c1-7(17)15-9(13(19)20)5-16-10-4-8(14)2-3-11(10)21-6-12(16)18/h2-4,9H,5-6H2,1H3,(H,15,17)(H,19,20). The highest BCUT2D eigenvalue weighted by molar-refractivity contribution is 9.10. The van der Waals surface area contributed by atoms with E-state index < -0.39 is 17.9 Å². The number of anilines is 1. The number of halogens is 1. The van der Waals surface area contributed by atoms with E-state index in [2.05, 4.69) is 21.2 Å². The fourth-order valence-electron chi connectivity index (χ4n) is 1.99. The van der Waals surface area contributed by atoms with Gasteiger partial charge in [0.2, 0.25) is 5.91 Å². The minimum atomic E-state index is -1.21. The third-order valence-electron chi connectivity index (χ3n) is 2.90. The average molecular weight is 357 g/mol. The molecule has 1 aliphatic heterocycles. The van der Waals surface area contributed by atoms with Gasteiger partial charge in [0, 0.05) is 11.4 Å². The molecule has 8 heteroatoms. The third-order valence-corrected chi connectivity index (χ3v) is 3.40. The first-order valence-corrected chi connectivity index (χ1v) is 6.90. The summed E-state index contributed by atoms with van der Waals surface area (Å²) >= 11 is 3.29. The van der Waals surface area contributed by atoms with Crippen LogP contribution in [0.4, 0.5) is 5.69 Å². The Morgan fingerprint density at radius 1 is 1.52 bits per heavy atom. The van der Waals surface area contributed by atoms with Crippen molar-refractivity contribution in [2.45, 2.75) is 13.0 Å². The minimum Gasteiger partial charge on any atom is -0.482 e. The highest BCUT2D eigenvalue weighted by Gasteiger charge is 2.30. The van der Waals surface area contributed by atoms with E-state index in [-0.39, 0.29) is 19.1 Å². The molecule has 0 saturated carbocycles. The predicted molar refractivity (Wildman–Crippen MR) is 77.2 cm³/mol. The molecule has 1 heterocycles. The molecule has 0 bridgehead atoms. The summed E-state index contributed by atoms with van der Waals surface area (Å²) in [6, 6.07) is 3.93. The maximum Gasteiger partial charge on any atom is 0.328 e. The molecule has 21 heavy (non-hydrogen) atoms. The Hall–Kier alpha value is -2.09. The number of benzene rings is 1. The van der Waals surface area contributed by atoms with E-state index in [0.29, 0.717) is 11.4 Å². The summed E-state index contributed by atoms with van der Waals surface area (Å²) < 4.78 is 6.03. The fourth-order valence-corrected chi connectivity index (χ4v) is 2.34. The van der Waals surface area contributed by atoms with Crippen LogP contribution in [0.2, 0.25) is 0 Å². The van der Waals surface area contributed by atoms with Crippen molar-refractivity contribution in [3.8, 4) is 5.75 Å². The number of carbonyl (C=O) groups is 3. The molecule has 1 atom stereocenters. The lowest BCUT2D eigenvalue weighted by Crippen LogP contribution is -2.51. The van der Waals surface area contributed by atoms with Crippen LogP contribution >= 0.6 is 15.9 Å². The number of fused-ring (bicyclic) bond motifs is 1. The molecule has 2 N–H and O–H groups in total. The van der Waals surface area contributed by atoms with Crippen molar-refractivity contribution < 1.29 is 24.2 Å². The number of ether oxygens (including phenoxy) is 1. The largest absolute Gasteiger partial charge is 0.482 e. The Morgan fingerprint density at radius 2 is 2.24 bits per heavy atom. The van der Waals surface area contributed by atoms with Gasteiger partial charge in [-0.1, -0.05) is 15.9 Å². The van der Waals surface area contributed by atoms with Crippen LogP contribution in [0.3, 0.4) is 0 Å². The maximum atomic E-state index is 12.0. The second-order valence-corrected chi connectivity index (χ2v) is 5.41. The quantitative estimate of drug-likeness (QED) is 0.830. The first-order valence-electron chi connectivity index (χ1n) is 6.11. The molecule has 7 nitrogen and oxygen atoms in total. The number of carbonyl (C=O) groups excluding carboxylic acids is 2. The number of nitrogens with one attached hydrogen (secondary N) is 1. The van der Waals surface area contributed by atoms with Crippen LogP contribution in [-0.2, 0) is 14.4 Å². The van der Waals surface area contributed by atoms with Gasteiger partial charge in [0.15, 0.2) is 6.61 Å². The molecule has 1 aliphatic rings. The molecule has 112 valence electrons. The molecule has 0 aliphatic carbocycles. The smallest absolute Gasteiger partial charge is 0.328 e. The van der Waals surface area contributed by atoms with E-state index in [4.69, 9.17) is 9.84 Å². The van der Waals surface area contributed by atoms with Gasteiger partial charge in [-0.25, -0.2) is 4.79 Å². The van der Waals surface area contributed by atoms with Crippen molar-refractivity contribution >= 4 is 39.4 Å². The summed E-state index contributed by atoms with van der Waals surface area (Å²) in [5.41, 5.74) is 0.470. The molecule has 1 unspecified atom stereocenters. The van der Waals surface area contributed by atoms with Gasteiger partial charge in [0.05, 0.1) is 12.2 Å². The SMILES string of the molecule is CC(=O)NC(CN1C(=O)COc2ccc(Br)cc21)C(=O)O. The van der Waals surface area contributed by atoms with Gasteiger partial charge in [-0.3, -0.25) is 9.59 Å². The molecule has 2 rings (SSSR count). The first-order chi connectivity index (χ1) is 9.88. The van der Waals surface area contributed by atoms with Crippen molar-refractivity contribution in [1.29, 1.82) is 0 Å². The lowest BCUT2D eigenvalue weighted by Gasteiger charge is -2.31. The van der Waals surface area contributed by atoms with Crippen LogP contribution in [0.5, 0.6) is 5.75 Å². The van der Waals surface area contributed by atoms with Crippen molar-refractivity contribution in [1.82, 2.24) is 5.32 Å². The van der Waals surface area contributed by atoms with Crippen molar-refractivity contribution in [2.24, 2.45) is 0 Å². The highest BCUT2D eigenvalue weighted by Crippen LogP contribution is 2.34. The van der Waals surface area contributed by atoms with E-state index in [0.717, 1.165) is 4.47 Å². The minimum absolute atomic E-state index is 0.166. The summed E-state index contributed by atoms with van der Waals surface area (Å²) in [4.78, 5) is 35.6. The summed E-state index contributed by atoms with van der Waals surface area (Å²) in [6.45, 7) is 0.892. The number of hydrogen-bond donors (Lipinski definition) is 2. The van der Waals surface area contributed by atoms with Crippen LogP contribution in [-0.4, -0.2) is 42.1 Å². The van der Waals surface area contributed by atoms with Crippen LogP contribution in [0.25, 0.3) is 0 Å². The van der Waals surface area contributed by atoms with Gasteiger partial charge in [-0.05, 0) is 18.2 Å². The molecule has 2 amide bonds. The highest BCUT2D eigenvalue weighted by atomic mass is 79.9. The second-order valence-electron chi connectivity index (χ2n) is 4.50. The Bertz CT molecular complexity index is 604. The lowest BCUT2D eigenvalue weighted by atomic mass is 10.2. The topological polar surface area (TPSA) is 95.9 Å². The first kappa shape index (κ1) is 15.3. The van der Waals surface area contributed by atoms with E-state index in [1.165, 1.54) is 11.8 Å². The fraction of sp³-hybridized carbons (Fsp3) is 0.308. The maximum absolute atomic E-state index is 12.0. The zero-order chi connectivity index (χ0) is 15.6. The van der Waals surface area contributed by atoms with Gasteiger partial charge >= 0.3 is 5.97 Å². The van der Waals surface area contributed by atoms with Crippen LogP contribution in [0.1, 0.15) is 6.92 Å². The van der Waals surface area contributed by atoms with Crippen molar-refractivity contribution in [3.05, 3.63) is 22.7 Å². The molecule has 0 aromatic heterocycles. The average Bonchev–Trinajstić information content (AvgIpc) is 2.40. The number of carboxylic acids is 1. The molecular weight excluding hydrogens is 344 g/mol. The Labute approximate surface area is 129 Å². The zero-order valence-electron chi connectivity index (χ0n) is 11.1. The Morgan fingerprint density at radius 3 is 2.86 bits per heavy atom. The number of aliphatic carboxylic acids is 1. The second kappa shape index (κ2) is 6.13. The molecule has 1 aromatic carbocycles. The van der Waals surface area contributed by atoms with Gasteiger partial charge in [-0.2, -0.15) is 0 Å². The number of rotatable bonds is 4. The van der Waals surface area contributed by atoms with Gasteiger partial charge in [-0.15, -0.1) is 0 Å².